The Bertz CT molecular complexity index is 1460. The molecule has 1 aliphatic heterocycles. The van der Waals surface area contributed by atoms with E-state index in [1.807, 2.05) is 68.6 Å². The summed E-state index contributed by atoms with van der Waals surface area (Å²) in [5.74, 6) is 0.644. The molecule has 11 heteroatoms. The maximum Gasteiger partial charge on any atom is 0.411 e. The molecule has 2 aromatic heterocycles. The summed E-state index contributed by atoms with van der Waals surface area (Å²) in [6.07, 6.45) is -1.13. The van der Waals surface area contributed by atoms with E-state index >= 15 is 0 Å². The van der Waals surface area contributed by atoms with Crippen LogP contribution in [0.3, 0.4) is 0 Å². The third kappa shape index (κ3) is 6.22. The summed E-state index contributed by atoms with van der Waals surface area (Å²) in [7, 11) is 1.88. The molecule has 1 atom stereocenters. The van der Waals surface area contributed by atoms with Crippen molar-refractivity contribution in [3.8, 4) is 5.75 Å². The molecule has 1 fully saturated rings. The highest BCUT2D eigenvalue weighted by molar-refractivity contribution is 7.20. The lowest BCUT2D eigenvalue weighted by molar-refractivity contribution is 0.0332. The second kappa shape index (κ2) is 11.9. The molecule has 1 unspecified atom stereocenters. The van der Waals surface area contributed by atoms with Gasteiger partial charge in [0, 0.05) is 36.8 Å². The summed E-state index contributed by atoms with van der Waals surface area (Å²) in [5, 5.41) is 16.1. The summed E-state index contributed by atoms with van der Waals surface area (Å²) >= 11 is 1.44. The number of carbonyl (C=O) groups excluding carboxylic acids is 1. The fourth-order valence-corrected chi connectivity index (χ4v) is 5.54. The van der Waals surface area contributed by atoms with Crippen LogP contribution in [0.25, 0.3) is 10.1 Å². The van der Waals surface area contributed by atoms with Gasteiger partial charge in [0.15, 0.2) is 6.10 Å². The number of nitrogens with two attached hydrogens (primary N) is 1. The van der Waals surface area contributed by atoms with E-state index in [-0.39, 0.29) is 12.4 Å². The molecule has 1 amide bonds. The molecule has 1 aliphatic rings. The first-order valence-electron chi connectivity index (χ1n) is 12.7. The Kier molecular flexibility index (Phi) is 8.10. The predicted octanol–water partition coefficient (Wildman–Crippen LogP) is 4.43. The maximum atomic E-state index is 13.0. The van der Waals surface area contributed by atoms with Gasteiger partial charge in [-0.25, -0.2) is 4.79 Å². The average molecular weight is 549 g/mol. The van der Waals surface area contributed by atoms with Crippen LogP contribution in [-0.2, 0) is 23.1 Å². The van der Waals surface area contributed by atoms with E-state index in [1.54, 1.807) is 4.68 Å². The molecule has 0 bridgehead atoms. The number of aromatic nitrogens is 2. The zero-order valence-corrected chi connectivity index (χ0v) is 22.8. The highest BCUT2D eigenvalue weighted by atomic mass is 32.1. The van der Waals surface area contributed by atoms with Gasteiger partial charge in [0.25, 0.3) is 0 Å². The highest BCUT2D eigenvalue weighted by Crippen LogP contribution is 2.35. The van der Waals surface area contributed by atoms with E-state index in [0.717, 1.165) is 40.1 Å². The van der Waals surface area contributed by atoms with Crippen molar-refractivity contribution >= 4 is 39.0 Å². The Hall–Kier alpha value is -3.93. The van der Waals surface area contributed by atoms with Crippen LogP contribution in [0.2, 0.25) is 0 Å². The minimum atomic E-state index is -0.577. The molecule has 204 valence electrons. The number of hydrogen-bond donors (Lipinski definition) is 3. The normalized spacial score (nSPS) is 14.7. The van der Waals surface area contributed by atoms with E-state index in [0.29, 0.717) is 36.1 Å². The number of rotatable bonds is 9. The van der Waals surface area contributed by atoms with Gasteiger partial charge in [0.05, 0.1) is 35.2 Å². The van der Waals surface area contributed by atoms with Crippen molar-refractivity contribution in [2.75, 3.05) is 38.2 Å². The maximum absolute atomic E-state index is 13.0. The van der Waals surface area contributed by atoms with Gasteiger partial charge in [-0.1, -0.05) is 36.4 Å². The van der Waals surface area contributed by atoms with E-state index in [1.165, 1.54) is 11.3 Å². The first-order chi connectivity index (χ1) is 18.9. The Morgan fingerprint density at radius 3 is 2.72 bits per heavy atom. The molecule has 5 rings (SSSR count). The molecule has 0 radical (unpaired) electrons. The number of nitrogen functional groups attached to an aromatic ring is 1. The van der Waals surface area contributed by atoms with Crippen molar-refractivity contribution in [3.63, 3.8) is 0 Å². The molecule has 4 aromatic rings. The summed E-state index contributed by atoms with van der Waals surface area (Å²) in [6.45, 7) is 5.55. The van der Waals surface area contributed by atoms with Gasteiger partial charge >= 0.3 is 6.09 Å². The van der Waals surface area contributed by atoms with Gasteiger partial charge in [0.1, 0.15) is 18.2 Å². The Labute approximate surface area is 230 Å². The van der Waals surface area contributed by atoms with Crippen LogP contribution >= 0.6 is 11.3 Å². The number of aryl methyl sites for hydroxylation is 2. The largest absolute Gasteiger partial charge is 0.481 e. The van der Waals surface area contributed by atoms with Crippen molar-refractivity contribution in [2.45, 2.75) is 19.6 Å². The minimum Gasteiger partial charge on any atom is -0.481 e. The molecule has 10 nitrogen and oxygen atoms in total. The lowest BCUT2D eigenvalue weighted by Gasteiger charge is -2.27. The number of thiophene rings is 1. The fraction of sp³-hybridized carbons (Fsp3) is 0.321. The second-order valence-corrected chi connectivity index (χ2v) is 10.4. The van der Waals surface area contributed by atoms with E-state index in [4.69, 9.17) is 25.4 Å². The third-order valence-electron chi connectivity index (χ3n) is 6.64. The summed E-state index contributed by atoms with van der Waals surface area (Å²) in [4.78, 5) is 16.0. The lowest BCUT2D eigenvalue weighted by Crippen LogP contribution is -2.36. The van der Waals surface area contributed by atoms with Crippen LogP contribution in [0.15, 0.2) is 54.6 Å². The van der Waals surface area contributed by atoms with Crippen LogP contribution < -0.4 is 15.8 Å². The van der Waals surface area contributed by atoms with Crippen molar-refractivity contribution in [1.29, 1.82) is 5.41 Å². The topological polar surface area (TPSA) is 128 Å². The molecule has 39 heavy (non-hydrogen) atoms. The van der Waals surface area contributed by atoms with Crippen molar-refractivity contribution < 1.29 is 19.0 Å². The molecule has 0 spiro atoms. The Morgan fingerprint density at radius 1 is 1.21 bits per heavy atom. The molecular weight excluding hydrogens is 516 g/mol. The van der Waals surface area contributed by atoms with Gasteiger partial charge in [-0.3, -0.25) is 20.3 Å². The number of carbonyl (C=O) groups is 1. The first-order valence-corrected chi connectivity index (χ1v) is 13.6. The molecule has 0 aliphatic carbocycles. The van der Waals surface area contributed by atoms with Gasteiger partial charge < -0.3 is 19.9 Å². The first kappa shape index (κ1) is 26.7. The molecular formula is C28H32N6O4S. The summed E-state index contributed by atoms with van der Waals surface area (Å²) < 4.78 is 20.3. The van der Waals surface area contributed by atoms with Crippen LogP contribution in [0.4, 0.5) is 10.5 Å². The highest BCUT2D eigenvalue weighted by Gasteiger charge is 2.22. The van der Waals surface area contributed by atoms with Crippen LogP contribution in [-0.4, -0.2) is 59.5 Å². The van der Waals surface area contributed by atoms with Gasteiger partial charge in [0.2, 0.25) is 0 Å². The third-order valence-corrected chi connectivity index (χ3v) is 7.77. The van der Waals surface area contributed by atoms with E-state index < -0.39 is 12.2 Å². The Morgan fingerprint density at radius 2 is 1.97 bits per heavy atom. The second-order valence-electron chi connectivity index (χ2n) is 9.35. The number of morpholine rings is 1. The molecule has 1 saturated heterocycles. The quantitative estimate of drug-likeness (QED) is 0.209. The molecule has 0 saturated carbocycles. The van der Waals surface area contributed by atoms with Crippen molar-refractivity contribution in [2.24, 2.45) is 12.8 Å². The minimum absolute atomic E-state index is 0.00591. The van der Waals surface area contributed by atoms with Gasteiger partial charge in [-0.05, 0) is 30.7 Å². The number of ether oxygens (including phenoxy) is 3. The standard InChI is InChI=1S/C28H32N6O4S/c1-18-26(21(33(2)32-18)16-34-11-13-36-14-12-34)31-28(35)37-17-23(19-7-4-3-5-8-19)38-22-9-6-10-24-20(22)15-25(39-24)27(29)30/h3-10,15,23H,11-14,16-17H2,1-2H3,(H3,29,30)(H,31,35). The zero-order valence-electron chi connectivity index (χ0n) is 22.0. The predicted molar refractivity (Wildman–Crippen MR) is 152 cm³/mol. The molecule has 2 aromatic carbocycles. The number of nitrogens with zero attached hydrogens (tertiary/aromatic N) is 3. The number of fused-ring (bicyclic) bond motifs is 1. The fourth-order valence-electron chi connectivity index (χ4n) is 4.60. The monoisotopic (exact) mass is 548 g/mol. The lowest BCUT2D eigenvalue weighted by atomic mass is 10.1. The number of benzene rings is 2. The van der Waals surface area contributed by atoms with E-state index in [2.05, 4.69) is 15.3 Å². The zero-order chi connectivity index (χ0) is 27.4. The summed E-state index contributed by atoms with van der Waals surface area (Å²) in [6, 6.07) is 17.2. The van der Waals surface area contributed by atoms with Crippen molar-refractivity contribution in [3.05, 3.63) is 76.4 Å². The van der Waals surface area contributed by atoms with Crippen LogP contribution in [0, 0.1) is 12.3 Å². The number of nitrogens with one attached hydrogen (secondary N) is 2. The SMILES string of the molecule is Cc1nn(C)c(CN2CCOCC2)c1NC(=O)OCC(Oc1cccc2sc(C(=N)N)cc12)c1ccccc1. The van der Waals surface area contributed by atoms with Gasteiger partial charge in [-0.15, -0.1) is 11.3 Å². The number of amidine groups is 1. The number of amides is 1. The smallest absolute Gasteiger partial charge is 0.411 e. The van der Waals surface area contributed by atoms with Gasteiger partial charge in [-0.2, -0.15) is 5.10 Å². The Balaban J connectivity index is 1.31. The molecule has 3 heterocycles. The van der Waals surface area contributed by atoms with E-state index in [9.17, 15) is 4.79 Å². The number of anilines is 1. The average Bonchev–Trinajstić information content (AvgIpc) is 3.49. The summed E-state index contributed by atoms with van der Waals surface area (Å²) in [5.41, 5.74) is 8.87. The molecule has 4 N–H and O–H groups in total. The van der Waals surface area contributed by atoms with Crippen LogP contribution in [0.1, 0.15) is 27.9 Å². The number of hydrogen-bond acceptors (Lipinski definition) is 8. The van der Waals surface area contributed by atoms with Crippen molar-refractivity contribution in [1.82, 2.24) is 14.7 Å². The van der Waals surface area contributed by atoms with Crippen LogP contribution in [0.5, 0.6) is 5.75 Å².